The monoisotopic (exact) mass is 342 g/mol. The van der Waals surface area contributed by atoms with Crippen LogP contribution in [0.5, 0.6) is 11.5 Å². The fourth-order valence-electron chi connectivity index (χ4n) is 2.82. The lowest BCUT2D eigenvalue weighted by atomic mass is 10.1. The number of hydrogen-bond donors (Lipinski definition) is 1. The first-order chi connectivity index (χ1) is 12.1. The van der Waals surface area contributed by atoms with Gasteiger partial charge in [-0.2, -0.15) is 0 Å². The Labute approximate surface area is 146 Å². The van der Waals surface area contributed by atoms with Crippen LogP contribution >= 0.6 is 0 Å². The van der Waals surface area contributed by atoms with Crippen LogP contribution in [0.1, 0.15) is 24.1 Å². The van der Waals surface area contributed by atoms with Crippen LogP contribution in [0.3, 0.4) is 0 Å². The summed E-state index contributed by atoms with van der Waals surface area (Å²) < 4.78 is 12.3. The minimum absolute atomic E-state index is 0.00543. The lowest BCUT2D eigenvalue weighted by Gasteiger charge is -2.10. The van der Waals surface area contributed by atoms with Gasteiger partial charge in [-0.15, -0.1) is 0 Å². The van der Waals surface area contributed by atoms with Gasteiger partial charge >= 0.3 is 0 Å². The van der Waals surface area contributed by atoms with Gasteiger partial charge in [0.2, 0.25) is 12.7 Å². The van der Waals surface area contributed by atoms with Crippen molar-refractivity contribution in [3.05, 3.63) is 58.0 Å². The van der Waals surface area contributed by atoms with Gasteiger partial charge in [0.25, 0.3) is 5.56 Å². The second-order valence-electron chi connectivity index (χ2n) is 6.05. The molecule has 1 aromatic heterocycles. The molecule has 1 aromatic carbocycles. The largest absolute Gasteiger partial charge is 0.454 e. The number of benzene rings is 1. The van der Waals surface area contributed by atoms with Crippen molar-refractivity contribution in [3.63, 3.8) is 0 Å². The maximum absolute atomic E-state index is 12.0. The highest BCUT2D eigenvalue weighted by atomic mass is 16.7. The standard InChI is InChI=1S/C19H22N2O4/c1-14-4-2-5-19(23)21(14)11-3-10-20-18(22)9-7-15-6-8-16-17(12-15)25-13-24-16/h2,4-6,8,12H,3,7,9-11,13H2,1H3,(H,20,22). The normalized spacial score (nSPS) is 12.2. The van der Waals surface area contributed by atoms with Gasteiger partial charge in [-0.3, -0.25) is 9.59 Å². The van der Waals surface area contributed by atoms with Crippen LogP contribution < -0.4 is 20.3 Å². The molecule has 3 rings (SSSR count). The predicted molar refractivity (Wildman–Crippen MR) is 94.0 cm³/mol. The number of fused-ring (bicyclic) bond motifs is 1. The third-order valence-electron chi connectivity index (χ3n) is 4.23. The van der Waals surface area contributed by atoms with Crippen molar-refractivity contribution in [1.29, 1.82) is 0 Å². The fourth-order valence-corrected chi connectivity index (χ4v) is 2.82. The quantitative estimate of drug-likeness (QED) is 0.782. The van der Waals surface area contributed by atoms with Gasteiger partial charge in [0.1, 0.15) is 0 Å². The Morgan fingerprint density at radius 2 is 2.04 bits per heavy atom. The average molecular weight is 342 g/mol. The van der Waals surface area contributed by atoms with Gasteiger partial charge in [-0.1, -0.05) is 12.1 Å². The minimum atomic E-state index is -0.00543. The van der Waals surface area contributed by atoms with Crippen molar-refractivity contribution in [2.75, 3.05) is 13.3 Å². The number of carbonyl (C=O) groups is 1. The summed E-state index contributed by atoms with van der Waals surface area (Å²) >= 11 is 0. The molecule has 1 N–H and O–H groups in total. The number of nitrogens with zero attached hydrogens (tertiary/aromatic N) is 1. The number of aryl methyl sites for hydroxylation is 2. The molecule has 1 aliphatic heterocycles. The lowest BCUT2D eigenvalue weighted by molar-refractivity contribution is -0.121. The first kappa shape index (κ1) is 17.1. The van der Waals surface area contributed by atoms with E-state index in [0.29, 0.717) is 25.9 Å². The zero-order valence-electron chi connectivity index (χ0n) is 14.3. The van der Waals surface area contributed by atoms with E-state index in [1.807, 2.05) is 31.2 Å². The van der Waals surface area contributed by atoms with E-state index in [4.69, 9.17) is 9.47 Å². The summed E-state index contributed by atoms with van der Waals surface area (Å²) in [6.07, 6.45) is 1.80. The number of aromatic nitrogens is 1. The molecule has 1 amide bonds. The molecule has 2 heterocycles. The van der Waals surface area contributed by atoms with Gasteiger partial charge in [-0.05, 0) is 43.5 Å². The van der Waals surface area contributed by atoms with Crippen molar-refractivity contribution >= 4 is 5.91 Å². The summed E-state index contributed by atoms with van der Waals surface area (Å²) in [4.78, 5) is 23.7. The third kappa shape index (κ3) is 4.41. The summed E-state index contributed by atoms with van der Waals surface area (Å²) in [7, 11) is 0. The molecule has 2 aromatic rings. The number of carbonyl (C=O) groups excluding carboxylic acids is 1. The Balaban J connectivity index is 1.39. The van der Waals surface area contributed by atoms with Crippen LogP contribution in [-0.2, 0) is 17.8 Å². The molecular weight excluding hydrogens is 320 g/mol. The van der Waals surface area contributed by atoms with Crippen LogP contribution in [-0.4, -0.2) is 23.8 Å². The average Bonchev–Trinajstić information content (AvgIpc) is 3.06. The zero-order valence-corrected chi connectivity index (χ0v) is 14.3. The summed E-state index contributed by atoms with van der Waals surface area (Å²) in [5.41, 5.74) is 1.97. The molecule has 132 valence electrons. The Hall–Kier alpha value is -2.76. The van der Waals surface area contributed by atoms with E-state index in [-0.39, 0.29) is 18.3 Å². The van der Waals surface area contributed by atoms with Gasteiger partial charge < -0.3 is 19.4 Å². The van der Waals surface area contributed by atoms with E-state index < -0.39 is 0 Å². The molecule has 0 bridgehead atoms. The topological polar surface area (TPSA) is 69.6 Å². The van der Waals surface area contributed by atoms with Crippen LogP contribution in [0.25, 0.3) is 0 Å². The SMILES string of the molecule is Cc1cccc(=O)n1CCCNC(=O)CCc1ccc2c(c1)OCO2. The highest BCUT2D eigenvalue weighted by Gasteiger charge is 2.13. The molecule has 0 radical (unpaired) electrons. The molecular formula is C19H22N2O4. The molecule has 0 atom stereocenters. The summed E-state index contributed by atoms with van der Waals surface area (Å²) in [6.45, 7) is 3.32. The Bertz CT molecular complexity index is 813. The van der Waals surface area contributed by atoms with E-state index >= 15 is 0 Å². The van der Waals surface area contributed by atoms with Crippen molar-refractivity contribution in [1.82, 2.24) is 9.88 Å². The van der Waals surface area contributed by atoms with Crippen molar-refractivity contribution in [2.45, 2.75) is 32.7 Å². The molecule has 1 aliphatic rings. The first-order valence-corrected chi connectivity index (χ1v) is 8.45. The lowest BCUT2D eigenvalue weighted by Crippen LogP contribution is -2.27. The van der Waals surface area contributed by atoms with Gasteiger partial charge in [0.15, 0.2) is 11.5 Å². The van der Waals surface area contributed by atoms with E-state index in [9.17, 15) is 9.59 Å². The molecule has 0 spiro atoms. The van der Waals surface area contributed by atoms with E-state index in [2.05, 4.69) is 5.32 Å². The van der Waals surface area contributed by atoms with Crippen LogP contribution in [0, 0.1) is 6.92 Å². The summed E-state index contributed by atoms with van der Waals surface area (Å²) in [5.74, 6) is 1.50. The second-order valence-corrected chi connectivity index (χ2v) is 6.05. The Morgan fingerprint density at radius 1 is 1.20 bits per heavy atom. The van der Waals surface area contributed by atoms with E-state index in [1.165, 1.54) is 0 Å². The fraction of sp³-hybridized carbons (Fsp3) is 0.368. The smallest absolute Gasteiger partial charge is 0.250 e. The molecule has 0 saturated heterocycles. The second kappa shape index (κ2) is 7.88. The Morgan fingerprint density at radius 3 is 2.88 bits per heavy atom. The van der Waals surface area contributed by atoms with Gasteiger partial charge in [-0.25, -0.2) is 0 Å². The molecule has 25 heavy (non-hydrogen) atoms. The van der Waals surface area contributed by atoms with Crippen LogP contribution in [0.2, 0.25) is 0 Å². The molecule has 6 heteroatoms. The number of nitrogens with one attached hydrogen (secondary N) is 1. The number of pyridine rings is 1. The summed E-state index contributed by atoms with van der Waals surface area (Å²) in [5, 5.41) is 2.90. The molecule has 0 aliphatic carbocycles. The molecule has 0 unspecified atom stereocenters. The maximum atomic E-state index is 12.0. The Kier molecular flexibility index (Phi) is 5.38. The highest BCUT2D eigenvalue weighted by molar-refractivity contribution is 5.76. The zero-order chi connectivity index (χ0) is 17.6. The minimum Gasteiger partial charge on any atom is -0.454 e. The van der Waals surface area contributed by atoms with Crippen LogP contribution in [0.15, 0.2) is 41.2 Å². The number of ether oxygens (including phenoxy) is 2. The number of amides is 1. The number of rotatable bonds is 7. The van der Waals surface area contributed by atoms with Gasteiger partial charge in [0.05, 0.1) is 0 Å². The molecule has 0 fully saturated rings. The van der Waals surface area contributed by atoms with Crippen molar-refractivity contribution in [3.8, 4) is 11.5 Å². The summed E-state index contributed by atoms with van der Waals surface area (Å²) in [6, 6.07) is 11.0. The molecule has 6 nitrogen and oxygen atoms in total. The van der Waals surface area contributed by atoms with Crippen LogP contribution in [0.4, 0.5) is 0 Å². The van der Waals surface area contributed by atoms with Crippen molar-refractivity contribution < 1.29 is 14.3 Å². The van der Waals surface area contributed by atoms with Crippen molar-refractivity contribution in [2.24, 2.45) is 0 Å². The molecule has 0 saturated carbocycles. The first-order valence-electron chi connectivity index (χ1n) is 8.45. The third-order valence-corrected chi connectivity index (χ3v) is 4.23. The number of hydrogen-bond acceptors (Lipinski definition) is 4. The van der Waals surface area contributed by atoms with E-state index in [0.717, 1.165) is 29.2 Å². The maximum Gasteiger partial charge on any atom is 0.250 e. The van der Waals surface area contributed by atoms with E-state index in [1.54, 1.807) is 16.7 Å². The van der Waals surface area contributed by atoms with Gasteiger partial charge in [0, 0.05) is 31.3 Å². The highest BCUT2D eigenvalue weighted by Crippen LogP contribution is 2.32. The predicted octanol–water partition coefficient (Wildman–Crippen LogP) is 2.02.